The van der Waals surface area contributed by atoms with Crippen LogP contribution in [0, 0.1) is 5.92 Å². The minimum absolute atomic E-state index is 0.0617. The Bertz CT molecular complexity index is 358. The van der Waals surface area contributed by atoms with Crippen LogP contribution in [-0.4, -0.2) is 39.3 Å². The fraction of sp³-hybridized carbons (Fsp3) is 0.700. The van der Waals surface area contributed by atoms with E-state index < -0.39 is 5.97 Å². The lowest BCUT2D eigenvalue weighted by molar-refractivity contribution is -0.136. The molecule has 1 saturated heterocycles. The fourth-order valence-corrected chi connectivity index (χ4v) is 1.86. The molecule has 0 spiro atoms. The molecule has 88 valence electrons. The van der Waals surface area contributed by atoms with E-state index >= 15 is 0 Å². The van der Waals surface area contributed by atoms with Crippen molar-refractivity contribution in [3.05, 3.63) is 11.9 Å². The third-order valence-electron chi connectivity index (χ3n) is 2.70. The molecule has 0 aliphatic carbocycles. The van der Waals surface area contributed by atoms with Crippen molar-refractivity contribution < 1.29 is 14.6 Å². The Balaban J connectivity index is 1.88. The molecule has 2 heterocycles. The summed E-state index contributed by atoms with van der Waals surface area (Å²) in [4.78, 5) is 10.5. The molecule has 1 aliphatic heterocycles. The van der Waals surface area contributed by atoms with Crippen LogP contribution in [0.1, 0.15) is 18.5 Å². The van der Waals surface area contributed by atoms with E-state index in [1.807, 2.05) is 0 Å². The molecule has 16 heavy (non-hydrogen) atoms. The first-order chi connectivity index (χ1) is 7.74. The summed E-state index contributed by atoms with van der Waals surface area (Å²) in [5.41, 5.74) is 0.513. The molecule has 0 atom stereocenters. The highest BCUT2D eigenvalue weighted by Crippen LogP contribution is 2.16. The summed E-state index contributed by atoms with van der Waals surface area (Å²) in [6, 6.07) is 0. The highest BCUT2D eigenvalue weighted by Gasteiger charge is 2.15. The van der Waals surface area contributed by atoms with Crippen LogP contribution in [0.4, 0.5) is 0 Å². The fourth-order valence-electron chi connectivity index (χ4n) is 1.86. The van der Waals surface area contributed by atoms with E-state index in [9.17, 15) is 4.79 Å². The van der Waals surface area contributed by atoms with Gasteiger partial charge in [-0.25, -0.2) is 0 Å². The van der Waals surface area contributed by atoms with E-state index in [0.717, 1.165) is 32.6 Å². The van der Waals surface area contributed by atoms with Gasteiger partial charge in [0.05, 0.1) is 12.1 Å². The number of carboxylic acids is 1. The quantitative estimate of drug-likeness (QED) is 0.799. The molecule has 0 unspecified atom stereocenters. The maximum absolute atomic E-state index is 10.5. The number of nitrogens with zero attached hydrogens (tertiary/aromatic N) is 3. The van der Waals surface area contributed by atoms with Gasteiger partial charge in [0.1, 0.15) is 0 Å². The first-order valence-electron chi connectivity index (χ1n) is 5.42. The van der Waals surface area contributed by atoms with Gasteiger partial charge in [-0.3, -0.25) is 9.48 Å². The van der Waals surface area contributed by atoms with Crippen LogP contribution in [0.3, 0.4) is 0 Å². The van der Waals surface area contributed by atoms with E-state index in [0.29, 0.717) is 11.6 Å². The molecule has 0 amide bonds. The summed E-state index contributed by atoms with van der Waals surface area (Å²) in [5, 5.41) is 16.4. The van der Waals surface area contributed by atoms with Gasteiger partial charge in [-0.2, -0.15) is 0 Å². The van der Waals surface area contributed by atoms with E-state index in [4.69, 9.17) is 9.84 Å². The van der Waals surface area contributed by atoms with Crippen molar-refractivity contribution in [1.29, 1.82) is 0 Å². The van der Waals surface area contributed by atoms with Gasteiger partial charge in [0.2, 0.25) is 0 Å². The molecule has 1 aromatic heterocycles. The molecule has 6 nitrogen and oxygen atoms in total. The first kappa shape index (κ1) is 11.1. The number of ether oxygens (including phenoxy) is 1. The second-order valence-corrected chi connectivity index (χ2v) is 4.06. The molecule has 2 rings (SSSR count). The number of carbonyl (C=O) groups is 1. The van der Waals surface area contributed by atoms with Crippen LogP contribution >= 0.6 is 0 Å². The predicted octanol–water partition coefficient (Wildman–Crippen LogP) is 0.332. The number of hydrogen-bond acceptors (Lipinski definition) is 4. The van der Waals surface area contributed by atoms with Crippen molar-refractivity contribution >= 4 is 5.97 Å². The summed E-state index contributed by atoms with van der Waals surface area (Å²) >= 11 is 0. The number of hydrogen-bond donors (Lipinski definition) is 1. The van der Waals surface area contributed by atoms with Crippen LogP contribution in [0.5, 0.6) is 0 Å². The molecule has 1 N–H and O–H groups in total. The molecule has 0 bridgehead atoms. The molecular formula is C10H15N3O3. The van der Waals surface area contributed by atoms with Gasteiger partial charge in [-0.15, -0.1) is 5.10 Å². The van der Waals surface area contributed by atoms with Crippen molar-refractivity contribution in [1.82, 2.24) is 15.0 Å². The van der Waals surface area contributed by atoms with Crippen molar-refractivity contribution in [2.24, 2.45) is 5.92 Å². The molecule has 0 aromatic carbocycles. The number of rotatable bonds is 4. The molecule has 1 fully saturated rings. The summed E-state index contributed by atoms with van der Waals surface area (Å²) in [6.07, 6.45) is 3.72. The molecule has 1 aromatic rings. The second-order valence-electron chi connectivity index (χ2n) is 4.06. The van der Waals surface area contributed by atoms with Gasteiger partial charge in [0.25, 0.3) is 0 Å². The zero-order valence-electron chi connectivity index (χ0n) is 9.00. The average molecular weight is 225 g/mol. The lowest BCUT2D eigenvalue weighted by Crippen LogP contribution is -2.20. The summed E-state index contributed by atoms with van der Waals surface area (Å²) in [6.45, 7) is 2.42. The Morgan fingerprint density at radius 3 is 3.00 bits per heavy atom. The topological polar surface area (TPSA) is 77.2 Å². The van der Waals surface area contributed by atoms with Crippen LogP contribution in [0.25, 0.3) is 0 Å². The van der Waals surface area contributed by atoms with Crippen LogP contribution in [-0.2, 0) is 22.5 Å². The lowest BCUT2D eigenvalue weighted by atomic mass is 10.0. The predicted molar refractivity (Wildman–Crippen MR) is 54.9 cm³/mol. The highest BCUT2D eigenvalue weighted by atomic mass is 16.5. The Kier molecular flexibility index (Phi) is 3.51. The van der Waals surface area contributed by atoms with E-state index in [1.165, 1.54) is 0 Å². The van der Waals surface area contributed by atoms with Gasteiger partial charge in [-0.1, -0.05) is 5.21 Å². The Labute approximate surface area is 93.2 Å². The maximum Gasteiger partial charge on any atom is 0.309 e. The molecular weight excluding hydrogens is 210 g/mol. The van der Waals surface area contributed by atoms with Gasteiger partial charge < -0.3 is 9.84 Å². The SMILES string of the molecule is O=C(O)Cc1cn(CC2CCOCC2)nn1. The molecule has 6 heteroatoms. The normalized spacial score (nSPS) is 17.5. The lowest BCUT2D eigenvalue weighted by Gasteiger charge is -2.21. The molecule has 0 radical (unpaired) electrons. The van der Waals surface area contributed by atoms with Gasteiger partial charge >= 0.3 is 5.97 Å². The molecule has 0 saturated carbocycles. The highest BCUT2D eigenvalue weighted by molar-refractivity contribution is 5.69. The first-order valence-corrected chi connectivity index (χ1v) is 5.42. The maximum atomic E-state index is 10.5. The van der Waals surface area contributed by atoms with Crippen molar-refractivity contribution in [3.63, 3.8) is 0 Å². The summed E-state index contributed by atoms with van der Waals surface area (Å²) in [5.74, 6) is -0.314. The third kappa shape index (κ3) is 3.03. The van der Waals surface area contributed by atoms with Crippen molar-refractivity contribution in [2.75, 3.05) is 13.2 Å². The minimum atomic E-state index is -0.877. The number of aliphatic carboxylic acids is 1. The molecule has 1 aliphatic rings. The second kappa shape index (κ2) is 5.07. The monoisotopic (exact) mass is 225 g/mol. The van der Waals surface area contributed by atoms with Crippen molar-refractivity contribution in [2.45, 2.75) is 25.8 Å². The summed E-state index contributed by atoms with van der Waals surface area (Å²) in [7, 11) is 0. The van der Waals surface area contributed by atoms with E-state index in [1.54, 1.807) is 10.9 Å². The van der Waals surface area contributed by atoms with E-state index in [-0.39, 0.29) is 6.42 Å². The van der Waals surface area contributed by atoms with Gasteiger partial charge in [-0.05, 0) is 18.8 Å². The average Bonchev–Trinajstić information content (AvgIpc) is 2.66. The standard InChI is InChI=1S/C10H15N3O3/c14-10(15)5-9-7-13(12-11-9)6-8-1-3-16-4-2-8/h7-8H,1-6H2,(H,14,15). The van der Waals surface area contributed by atoms with Gasteiger partial charge in [0.15, 0.2) is 0 Å². The Hall–Kier alpha value is -1.43. The zero-order chi connectivity index (χ0) is 11.4. The minimum Gasteiger partial charge on any atom is -0.481 e. The Morgan fingerprint density at radius 2 is 2.31 bits per heavy atom. The largest absolute Gasteiger partial charge is 0.481 e. The third-order valence-corrected chi connectivity index (χ3v) is 2.70. The van der Waals surface area contributed by atoms with Gasteiger partial charge in [0, 0.05) is 26.0 Å². The zero-order valence-corrected chi connectivity index (χ0v) is 9.00. The Morgan fingerprint density at radius 1 is 1.56 bits per heavy atom. The van der Waals surface area contributed by atoms with Crippen molar-refractivity contribution in [3.8, 4) is 0 Å². The van der Waals surface area contributed by atoms with Crippen LogP contribution in [0.2, 0.25) is 0 Å². The van der Waals surface area contributed by atoms with Crippen LogP contribution in [0.15, 0.2) is 6.20 Å². The smallest absolute Gasteiger partial charge is 0.309 e. The number of carboxylic acid groups (broad SMARTS) is 1. The summed E-state index contributed by atoms with van der Waals surface area (Å²) < 4.78 is 7.00. The van der Waals surface area contributed by atoms with Crippen LogP contribution < -0.4 is 0 Å². The number of aromatic nitrogens is 3. The van der Waals surface area contributed by atoms with E-state index in [2.05, 4.69) is 10.3 Å².